The third-order valence-electron chi connectivity index (χ3n) is 3.09. The van der Waals surface area contributed by atoms with Crippen molar-refractivity contribution in [3.8, 4) is 0 Å². The molecule has 2 rings (SSSR count). The monoisotopic (exact) mass is 290 g/mol. The van der Waals surface area contributed by atoms with E-state index in [0.29, 0.717) is 18.3 Å². The summed E-state index contributed by atoms with van der Waals surface area (Å²) in [5.41, 5.74) is 1.22. The van der Waals surface area contributed by atoms with Crippen LogP contribution in [0.25, 0.3) is 0 Å². The molecule has 0 spiro atoms. The first-order valence-corrected chi connectivity index (χ1v) is 6.99. The van der Waals surface area contributed by atoms with Gasteiger partial charge in [-0.2, -0.15) is 4.98 Å². The van der Waals surface area contributed by atoms with Crippen molar-refractivity contribution in [1.82, 2.24) is 24.9 Å². The summed E-state index contributed by atoms with van der Waals surface area (Å²) < 4.78 is 7.05. The highest BCUT2D eigenvalue weighted by Gasteiger charge is 2.09. The van der Waals surface area contributed by atoms with Crippen LogP contribution in [-0.2, 0) is 20.1 Å². The summed E-state index contributed by atoms with van der Waals surface area (Å²) >= 11 is 0. The molecule has 1 N–H and O–H groups in total. The molecule has 7 heteroatoms. The van der Waals surface area contributed by atoms with Gasteiger partial charge in [-0.1, -0.05) is 5.16 Å². The molecule has 21 heavy (non-hydrogen) atoms. The van der Waals surface area contributed by atoms with Crippen LogP contribution in [0.5, 0.6) is 0 Å². The number of nitrogens with zero attached hydrogens (tertiary/aromatic N) is 5. The number of hydrogen-bond donors (Lipinski definition) is 1. The Kier molecular flexibility index (Phi) is 4.97. The summed E-state index contributed by atoms with van der Waals surface area (Å²) in [7, 11) is 4.05. The van der Waals surface area contributed by atoms with Gasteiger partial charge < -0.3 is 19.3 Å². The van der Waals surface area contributed by atoms with E-state index >= 15 is 0 Å². The maximum absolute atomic E-state index is 4.95. The highest BCUT2D eigenvalue weighted by molar-refractivity contribution is 5.79. The molecule has 2 aromatic heterocycles. The summed E-state index contributed by atoms with van der Waals surface area (Å²) in [5, 5.41) is 7.13. The van der Waals surface area contributed by atoms with E-state index in [0.717, 1.165) is 19.0 Å². The zero-order valence-electron chi connectivity index (χ0n) is 13.0. The summed E-state index contributed by atoms with van der Waals surface area (Å²) in [6, 6.07) is 4.14. The second kappa shape index (κ2) is 6.92. The van der Waals surface area contributed by atoms with Crippen LogP contribution in [0.2, 0.25) is 0 Å². The van der Waals surface area contributed by atoms with Crippen LogP contribution in [0.1, 0.15) is 24.3 Å². The number of aryl methyl sites for hydroxylation is 2. The fourth-order valence-corrected chi connectivity index (χ4v) is 2.00. The molecule has 0 fully saturated rings. The van der Waals surface area contributed by atoms with Crippen molar-refractivity contribution in [2.45, 2.75) is 26.9 Å². The van der Waals surface area contributed by atoms with Gasteiger partial charge in [-0.05, 0) is 19.1 Å². The van der Waals surface area contributed by atoms with E-state index in [4.69, 9.17) is 4.52 Å². The number of rotatable bonds is 5. The minimum atomic E-state index is 0.400. The number of nitrogens with one attached hydrogen (secondary N) is 1. The minimum absolute atomic E-state index is 0.400. The zero-order valence-corrected chi connectivity index (χ0v) is 13.0. The van der Waals surface area contributed by atoms with Crippen molar-refractivity contribution in [1.29, 1.82) is 0 Å². The Balaban J connectivity index is 2.04. The molecule has 0 aliphatic carbocycles. The molecule has 0 aliphatic rings. The van der Waals surface area contributed by atoms with E-state index in [1.807, 2.05) is 33.3 Å². The van der Waals surface area contributed by atoms with Crippen LogP contribution in [-0.4, -0.2) is 39.2 Å². The minimum Gasteiger partial charge on any atom is -0.357 e. The predicted octanol–water partition coefficient (Wildman–Crippen LogP) is 1.31. The van der Waals surface area contributed by atoms with Gasteiger partial charge in [0, 0.05) is 39.5 Å². The van der Waals surface area contributed by atoms with Gasteiger partial charge in [-0.25, -0.2) is 4.99 Å². The van der Waals surface area contributed by atoms with Gasteiger partial charge in [-0.3, -0.25) is 0 Å². The Hall–Kier alpha value is -2.31. The van der Waals surface area contributed by atoms with Gasteiger partial charge in [0.2, 0.25) is 5.89 Å². The quantitative estimate of drug-likeness (QED) is 0.664. The van der Waals surface area contributed by atoms with Crippen molar-refractivity contribution in [2.24, 2.45) is 12.0 Å². The maximum atomic E-state index is 4.95. The van der Waals surface area contributed by atoms with Crippen molar-refractivity contribution >= 4 is 5.96 Å². The Labute approximate surface area is 124 Å². The summed E-state index contributed by atoms with van der Waals surface area (Å²) in [6.45, 7) is 5.80. The lowest BCUT2D eigenvalue weighted by Gasteiger charge is -2.22. The first kappa shape index (κ1) is 15.1. The molecule has 0 unspecified atom stereocenters. The molecule has 0 aromatic carbocycles. The maximum Gasteiger partial charge on any atom is 0.223 e. The topological polar surface area (TPSA) is 71.5 Å². The van der Waals surface area contributed by atoms with E-state index in [9.17, 15) is 0 Å². The predicted molar refractivity (Wildman–Crippen MR) is 80.7 cm³/mol. The van der Waals surface area contributed by atoms with E-state index < -0.39 is 0 Å². The van der Waals surface area contributed by atoms with E-state index in [2.05, 4.69) is 36.0 Å². The van der Waals surface area contributed by atoms with Gasteiger partial charge in [0.05, 0.1) is 6.54 Å². The molecule has 114 valence electrons. The lowest BCUT2D eigenvalue weighted by Crippen LogP contribution is -2.38. The molecule has 2 heterocycles. The van der Waals surface area contributed by atoms with Gasteiger partial charge in [0.1, 0.15) is 6.54 Å². The molecule has 0 bridgehead atoms. The summed E-state index contributed by atoms with van der Waals surface area (Å²) in [5.74, 6) is 1.97. The standard InChI is InChI=1S/C14H22N6O/c1-5-15-14(16-9-13-17-11(2)21-18-13)20(4)10-12-7-6-8-19(12)3/h6-8H,5,9-10H2,1-4H3,(H,15,16). The normalized spacial score (nSPS) is 11.7. The Morgan fingerprint density at radius 2 is 2.33 bits per heavy atom. The zero-order chi connectivity index (χ0) is 15.2. The highest BCUT2D eigenvalue weighted by Crippen LogP contribution is 2.04. The second-order valence-electron chi connectivity index (χ2n) is 4.87. The highest BCUT2D eigenvalue weighted by atomic mass is 16.5. The first-order chi connectivity index (χ1) is 10.1. The molecular formula is C14H22N6O. The van der Waals surface area contributed by atoms with Crippen LogP contribution in [0, 0.1) is 6.92 Å². The fraction of sp³-hybridized carbons (Fsp3) is 0.500. The summed E-state index contributed by atoms with van der Waals surface area (Å²) in [6.07, 6.45) is 2.04. The van der Waals surface area contributed by atoms with Gasteiger partial charge in [0.25, 0.3) is 0 Å². The van der Waals surface area contributed by atoms with Crippen molar-refractivity contribution in [2.75, 3.05) is 13.6 Å². The molecule has 0 radical (unpaired) electrons. The van der Waals surface area contributed by atoms with Crippen molar-refractivity contribution in [3.05, 3.63) is 35.7 Å². The molecule has 0 saturated heterocycles. The molecule has 2 aromatic rings. The van der Waals surface area contributed by atoms with E-state index in [1.54, 1.807) is 6.92 Å². The molecule has 0 aliphatic heterocycles. The lowest BCUT2D eigenvalue weighted by molar-refractivity contribution is 0.387. The molecule has 0 amide bonds. The number of hydrogen-bond acceptors (Lipinski definition) is 4. The Bertz CT molecular complexity index is 600. The molecular weight excluding hydrogens is 268 g/mol. The van der Waals surface area contributed by atoms with E-state index in [-0.39, 0.29) is 0 Å². The smallest absolute Gasteiger partial charge is 0.223 e. The Morgan fingerprint density at radius 3 is 2.90 bits per heavy atom. The number of guanidine groups is 1. The van der Waals surface area contributed by atoms with Gasteiger partial charge in [0.15, 0.2) is 11.8 Å². The summed E-state index contributed by atoms with van der Waals surface area (Å²) in [4.78, 5) is 10.8. The lowest BCUT2D eigenvalue weighted by atomic mass is 10.4. The first-order valence-electron chi connectivity index (χ1n) is 6.99. The van der Waals surface area contributed by atoms with Crippen molar-refractivity contribution in [3.63, 3.8) is 0 Å². The molecule has 0 atom stereocenters. The number of aromatic nitrogens is 3. The third-order valence-corrected chi connectivity index (χ3v) is 3.09. The van der Waals surface area contributed by atoms with E-state index in [1.165, 1.54) is 5.69 Å². The van der Waals surface area contributed by atoms with Gasteiger partial charge >= 0.3 is 0 Å². The van der Waals surface area contributed by atoms with Crippen LogP contribution < -0.4 is 5.32 Å². The van der Waals surface area contributed by atoms with Crippen LogP contribution in [0.4, 0.5) is 0 Å². The third kappa shape index (κ3) is 4.08. The van der Waals surface area contributed by atoms with Crippen molar-refractivity contribution < 1.29 is 4.52 Å². The SMILES string of the molecule is CCNC(=NCc1noc(C)n1)N(C)Cc1cccn1C. The number of aliphatic imine (C=N–C) groups is 1. The van der Waals surface area contributed by atoms with Crippen LogP contribution >= 0.6 is 0 Å². The molecule has 7 nitrogen and oxygen atoms in total. The molecule has 0 saturated carbocycles. The van der Waals surface area contributed by atoms with Crippen LogP contribution in [0.15, 0.2) is 27.8 Å². The van der Waals surface area contributed by atoms with Gasteiger partial charge in [-0.15, -0.1) is 0 Å². The average Bonchev–Trinajstić information content (AvgIpc) is 3.04. The Morgan fingerprint density at radius 1 is 1.52 bits per heavy atom. The average molecular weight is 290 g/mol. The largest absolute Gasteiger partial charge is 0.357 e. The van der Waals surface area contributed by atoms with Crippen LogP contribution in [0.3, 0.4) is 0 Å². The fourth-order valence-electron chi connectivity index (χ4n) is 2.00. The second-order valence-corrected chi connectivity index (χ2v) is 4.87.